The van der Waals surface area contributed by atoms with Gasteiger partial charge in [-0.25, -0.2) is 18.0 Å². The van der Waals surface area contributed by atoms with Crippen LogP contribution in [0.2, 0.25) is 0 Å². The molecule has 4 nitrogen and oxygen atoms in total. The fraction of sp³-hybridized carbons (Fsp3) is 0.333. The number of hydrogen-bond donors (Lipinski definition) is 1. The molecule has 116 valence electrons. The molecule has 0 radical (unpaired) electrons. The second kappa shape index (κ2) is 4.59. The van der Waals surface area contributed by atoms with Crippen molar-refractivity contribution >= 4 is 11.9 Å². The third-order valence-electron chi connectivity index (χ3n) is 3.88. The average Bonchev–Trinajstić information content (AvgIpc) is 2.65. The summed E-state index contributed by atoms with van der Waals surface area (Å²) >= 11 is 0. The minimum Gasteiger partial charge on any atom is -0.450 e. The van der Waals surface area contributed by atoms with Gasteiger partial charge in [-0.05, 0) is 25.5 Å². The number of cyclic esters (lactones) is 1. The van der Waals surface area contributed by atoms with Gasteiger partial charge in [0.05, 0.1) is 11.3 Å². The van der Waals surface area contributed by atoms with Gasteiger partial charge in [0.1, 0.15) is 5.60 Å². The molecule has 1 aromatic carbocycles. The summed E-state index contributed by atoms with van der Waals surface area (Å²) in [5.41, 5.74) is -0.983. The summed E-state index contributed by atoms with van der Waals surface area (Å²) in [5, 5.41) is 2.55. The quantitative estimate of drug-likeness (QED) is 0.639. The van der Waals surface area contributed by atoms with Crippen molar-refractivity contribution in [3.63, 3.8) is 0 Å². The highest BCUT2D eigenvalue weighted by Crippen LogP contribution is 2.43. The molecule has 1 atom stereocenters. The summed E-state index contributed by atoms with van der Waals surface area (Å²) in [6.45, 7) is 3.16. The Labute approximate surface area is 123 Å². The third kappa shape index (κ3) is 2.00. The van der Waals surface area contributed by atoms with Crippen LogP contribution in [-0.4, -0.2) is 17.5 Å². The van der Waals surface area contributed by atoms with Crippen molar-refractivity contribution < 1.29 is 27.5 Å². The second-order valence-electron chi connectivity index (χ2n) is 5.76. The highest BCUT2D eigenvalue weighted by Gasteiger charge is 2.48. The van der Waals surface area contributed by atoms with Crippen molar-refractivity contribution in [2.24, 2.45) is 0 Å². The number of esters is 1. The molecule has 0 unspecified atom stereocenters. The molecule has 0 bridgehead atoms. The zero-order valence-corrected chi connectivity index (χ0v) is 11.8. The number of halogens is 3. The Hall–Kier alpha value is -2.31. The molecule has 1 amide bonds. The Morgan fingerprint density at radius 2 is 1.86 bits per heavy atom. The molecule has 0 spiro atoms. The fourth-order valence-electron chi connectivity index (χ4n) is 2.85. The lowest BCUT2D eigenvalue weighted by molar-refractivity contribution is -0.144. The molecule has 2 aliphatic heterocycles. The molecule has 22 heavy (non-hydrogen) atoms. The average molecular weight is 311 g/mol. The first-order valence-corrected chi connectivity index (χ1v) is 6.63. The summed E-state index contributed by atoms with van der Waals surface area (Å²) in [5.74, 6) is -6.51. The standard InChI is InChI=1S/C15H12F3NO3/c1-15(2)13-10(14(21)22-15)7(5-9(20)19-13)6-3-4-8(16)12(18)11(6)17/h3-4,7H,5H2,1-2H3,(H,19,20)/t7-/m1/s1. The summed E-state index contributed by atoms with van der Waals surface area (Å²) in [7, 11) is 0. The third-order valence-corrected chi connectivity index (χ3v) is 3.88. The smallest absolute Gasteiger partial charge is 0.337 e. The van der Waals surface area contributed by atoms with E-state index in [1.54, 1.807) is 13.8 Å². The van der Waals surface area contributed by atoms with Gasteiger partial charge in [0.15, 0.2) is 17.5 Å². The van der Waals surface area contributed by atoms with E-state index in [2.05, 4.69) is 5.32 Å². The second-order valence-corrected chi connectivity index (χ2v) is 5.76. The maximum absolute atomic E-state index is 14.0. The van der Waals surface area contributed by atoms with Crippen molar-refractivity contribution in [2.45, 2.75) is 31.8 Å². The summed E-state index contributed by atoms with van der Waals surface area (Å²) in [6.07, 6.45) is -0.244. The lowest BCUT2D eigenvalue weighted by Crippen LogP contribution is -2.38. The molecule has 3 rings (SSSR count). The number of nitrogens with one attached hydrogen (secondary N) is 1. The van der Waals surface area contributed by atoms with Crippen LogP contribution in [0.15, 0.2) is 23.4 Å². The van der Waals surface area contributed by atoms with Gasteiger partial charge in [-0.1, -0.05) is 6.07 Å². The highest BCUT2D eigenvalue weighted by atomic mass is 19.2. The molecule has 0 aromatic heterocycles. The molecule has 2 aliphatic rings. The first-order chi connectivity index (χ1) is 10.2. The van der Waals surface area contributed by atoms with E-state index in [9.17, 15) is 22.8 Å². The number of carbonyl (C=O) groups excluding carboxylic acids is 2. The molecule has 2 heterocycles. The molecule has 1 N–H and O–H groups in total. The van der Waals surface area contributed by atoms with Crippen LogP contribution in [0.25, 0.3) is 0 Å². The normalized spacial score (nSPS) is 23.2. The van der Waals surface area contributed by atoms with Crippen LogP contribution in [0, 0.1) is 17.5 Å². The zero-order valence-electron chi connectivity index (χ0n) is 11.8. The minimum atomic E-state index is -1.63. The van der Waals surface area contributed by atoms with Crippen LogP contribution >= 0.6 is 0 Å². The van der Waals surface area contributed by atoms with Crippen molar-refractivity contribution in [3.05, 3.63) is 46.4 Å². The number of amides is 1. The van der Waals surface area contributed by atoms with E-state index in [4.69, 9.17) is 4.74 Å². The maximum atomic E-state index is 14.0. The van der Waals surface area contributed by atoms with Crippen LogP contribution in [-0.2, 0) is 14.3 Å². The summed E-state index contributed by atoms with van der Waals surface area (Å²) in [4.78, 5) is 23.9. The Morgan fingerprint density at radius 1 is 1.18 bits per heavy atom. The van der Waals surface area contributed by atoms with Crippen LogP contribution in [0.1, 0.15) is 31.7 Å². The van der Waals surface area contributed by atoms with Gasteiger partial charge in [0.2, 0.25) is 5.91 Å². The molecule has 0 aliphatic carbocycles. The Bertz CT molecular complexity index is 740. The van der Waals surface area contributed by atoms with Crippen molar-refractivity contribution in [1.29, 1.82) is 0 Å². The van der Waals surface area contributed by atoms with Gasteiger partial charge >= 0.3 is 5.97 Å². The SMILES string of the molecule is CC1(C)OC(=O)C2=C1NC(=O)C[C@@H]2c1ccc(F)c(F)c1F. The van der Waals surface area contributed by atoms with Gasteiger partial charge in [0.25, 0.3) is 0 Å². The van der Waals surface area contributed by atoms with E-state index in [1.165, 1.54) is 0 Å². The van der Waals surface area contributed by atoms with Crippen LogP contribution in [0.3, 0.4) is 0 Å². The number of ether oxygens (including phenoxy) is 1. The van der Waals surface area contributed by atoms with E-state index in [-0.39, 0.29) is 23.3 Å². The van der Waals surface area contributed by atoms with Gasteiger partial charge in [-0.15, -0.1) is 0 Å². The Kier molecular flexibility index (Phi) is 3.05. The van der Waals surface area contributed by atoms with Crippen molar-refractivity contribution in [3.8, 4) is 0 Å². The van der Waals surface area contributed by atoms with E-state index in [0.29, 0.717) is 0 Å². The highest BCUT2D eigenvalue weighted by molar-refractivity contribution is 5.99. The van der Waals surface area contributed by atoms with Crippen molar-refractivity contribution in [1.82, 2.24) is 5.32 Å². The fourth-order valence-corrected chi connectivity index (χ4v) is 2.85. The maximum Gasteiger partial charge on any atom is 0.337 e. The Morgan fingerprint density at radius 3 is 2.55 bits per heavy atom. The first-order valence-electron chi connectivity index (χ1n) is 6.63. The topological polar surface area (TPSA) is 55.4 Å². The van der Waals surface area contributed by atoms with Gasteiger partial charge in [-0.3, -0.25) is 4.79 Å². The number of rotatable bonds is 1. The van der Waals surface area contributed by atoms with E-state index in [1.807, 2.05) is 0 Å². The number of hydrogen-bond acceptors (Lipinski definition) is 3. The monoisotopic (exact) mass is 311 g/mol. The lowest BCUT2D eigenvalue weighted by Gasteiger charge is -2.27. The van der Waals surface area contributed by atoms with Crippen LogP contribution in [0.5, 0.6) is 0 Å². The Balaban J connectivity index is 2.19. The van der Waals surface area contributed by atoms with Crippen molar-refractivity contribution in [2.75, 3.05) is 0 Å². The predicted molar refractivity (Wildman–Crippen MR) is 69.0 cm³/mol. The summed E-state index contributed by atoms with van der Waals surface area (Å²) < 4.78 is 45.7. The molecule has 0 saturated heterocycles. The zero-order chi connectivity index (χ0) is 16.2. The van der Waals surface area contributed by atoms with Gasteiger partial charge in [0, 0.05) is 12.3 Å². The number of benzene rings is 1. The van der Waals surface area contributed by atoms with Crippen LogP contribution in [0.4, 0.5) is 13.2 Å². The molecule has 0 saturated carbocycles. The number of carbonyl (C=O) groups is 2. The van der Waals surface area contributed by atoms with Gasteiger partial charge in [-0.2, -0.15) is 0 Å². The minimum absolute atomic E-state index is 0.0782. The van der Waals surface area contributed by atoms with E-state index >= 15 is 0 Å². The van der Waals surface area contributed by atoms with Gasteiger partial charge < -0.3 is 10.1 Å². The first kappa shape index (κ1) is 14.6. The van der Waals surface area contributed by atoms with E-state index < -0.39 is 40.8 Å². The summed E-state index contributed by atoms with van der Waals surface area (Å²) in [6, 6.07) is 1.81. The van der Waals surface area contributed by atoms with Crippen LogP contribution < -0.4 is 5.32 Å². The molecular formula is C15H12F3NO3. The molecule has 0 fully saturated rings. The predicted octanol–water partition coefficient (Wildman–Crippen LogP) is 2.30. The van der Waals surface area contributed by atoms with E-state index in [0.717, 1.165) is 12.1 Å². The lowest BCUT2D eigenvalue weighted by atomic mass is 9.82. The molecular weight excluding hydrogens is 299 g/mol. The molecule has 7 heteroatoms. The largest absolute Gasteiger partial charge is 0.450 e. The molecule has 1 aromatic rings.